The molecule has 49 heavy (non-hydrogen) atoms. The number of hydrogen-bond acceptors (Lipinski definition) is 21. The molecule has 3 aliphatic heterocycles. The summed E-state index contributed by atoms with van der Waals surface area (Å²) in [5.41, 5.74) is 35.4. The molecule has 0 spiro atoms. The lowest BCUT2D eigenvalue weighted by Crippen LogP contribution is -2.67. The maximum absolute atomic E-state index is 12.7. The molecular weight excluding hydrogens is 662 g/mol. The zero-order valence-corrected chi connectivity index (χ0v) is 26.7. The van der Waals surface area contributed by atoms with E-state index in [0.29, 0.717) is 0 Å². The molecule has 1 amide bonds. The van der Waals surface area contributed by atoms with Crippen molar-refractivity contribution in [2.75, 3.05) is 26.2 Å². The number of aliphatic hydroxyl groups excluding tert-OH is 8. The Bertz CT molecular complexity index is 1060. The first kappa shape index (κ1) is 40.4. The third-order valence-electron chi connectivity index (χ3n) is 9.38. The van der Waals surface area contributed by atoms with Crippen molar-refractivity contribution in [1.29, 1.82) is 0 Å². The van der Waals surface area contributed by atoms with Crippen LogP contribution in [-0.4, -0.2) is 195 Å². The summed E-state index contributed by atoms with van der Waals surface area (Å²) in [7, 11) is 0. The number of aliphatic hydroxyl groups is 8. The van der Waals surface area contributed by atoms with Crippen LogP contribution in [0.2, 0.25) is 0 Å². The molecule has 0 radical (unpaired) electrons. The fraction of sp³-hybridized carbons (Fsp3) is 0.963. The number of carbonyl (C=O) groups excluding carboxylic acids is 1. The fourth-order valence-electron chi connectivity index (χ4n) is 6.40. The normalized spacial score (nSPS) is 47.5. The van der Waals surface area contributed by atoms with Gasteiger partial charge in [0.05, 0.1) is 36.9 Å². The molecule has 0 aromatic carbocycles. The Kier molecular flexibility index (Phi) is 14.4. The summed E-state index contributed by atoms with van der Waals surface area (Å²) in [4.78, 5) is 12.7. The molecular formula is C27H53N7O15. The van der Waals surface area contributed by atoms with E-state index in [1.807, 2.05) is 0 Å². The van der Waals surface area contributed by atoms with Crippen molar-refractivity contribution in [2.24, 2.45) is 34.4 Å². The second-order valence-corrected chi connectivity index (χ2v) is 12.9. The first-order chi connectivity index (χ1) is 23.2. The van der Waals surface area contributed by atoms with Crippen molar-refractivity contribution in [3.8, 4) is 0 Å². The highest BCUT2D eigenvalue weighted by Gasteiger charge is 2.54. The first-order valence-electron chi connectivity index (χ1n) is 16.1. The maximum atomic E-state index is 12.7. The summed E-state index contributed by atoms with van der Waals surface area (Å²) in [6, 6.07) is -4.42. The average molecular weight is 716 g/mol. The van der Waals surface area contributed by atoms with Gasteiger partial charge in [-0.05, 0) is 12.8 Å². The smallest absolute Gasteiger partial charge is 0.251 e. The molecule has 1 aliphatic carbocycles. The Morgan fingerprint density at radius 3 is 1.92 bits per heavy atom. The summed E-state index contributed by atoms with van der Waals surface area (Å²) < 4.78 is 35.1. The van der Waals surface area contributed by atoms with Gasteiger partial charge in [-0.15, -0.1) is 0 Å². The van der Waals surface area contributed by atoms with E-state index < -0.39 is 141 Å². The van der Waals surface area contributed by atoms with Crippen molar-refractivity contribution in [2.45, 2.75) is 135 Å². The number of nitrogens with one attached hydrogen (secondary N) is 1. The largest absolute Gasteiger partial charge is 0.394 e. The maximum Gasteiger partial charge on any atom is 0.251 e. The van der Waals surface area contributed by atoms with Gasteiger partial charge in [-0.3, -0.25) is 4.79 Å². The SMILES string of the molecule is NC[C@@H]1O[C@H](O[C@H]2[C@@H](O)[C@H](O[C@@H]3[C@@H](O)[C@H](NC(=O)[C@@H](O)[C@@H](O)CN)C[C@H](N)[C@H]3O[C@H]3O[C@H](CN)[C@@H](O)C[C@H]3N)O[C@@H]2CO)[C@H](N)[C@@H](O)[C@@H]1O. The minimum Gasteiger partial charge on any atom is -0.394 e. The van der Waals surface area contributed by atoms with Crippen LogP contribution in [0.25, 0.3) is 0 Å². The lowest BCUT2D eigenvalue weighted by molar-refractivity contribution is -0.296. The van der Waals surface area contributed by atoms with E-state index in [4.69, 9.17) is 62.8 Å². The van der Waals surface area contributed by atoms with E-state index in [0.717, 1.165) is 0 Å². The molecule has 286 valence electrons. The van der Waals surface area contributed by atoms with Gasteiger partial charge in [0, 0.05) is 25.7 Å². The van der Waals surface area contributed by atoms with Gasteiger partial charge >= 0.3 is 0 Å². The van der Waals surface area contributed by atoms with Gasteiger partial charge < -0.3 is 109 Å². The Labute approximate surface area is 281 Å². The van der Waals surface area contributed by atoms with Gasteiger partial charge in [0.2, 0.25) is 0 Å². The van der Waals surface area contributed by atoms with Gasteiger partial charge in [-0.1, -0.05) is 0 Å². The summed E-state index contributed by atoms with van der Waals surface area (Å²) in [6.07, 6.45) is -22.6. The highest BCUT2D eigenvalue weighted by Crippen LogP contribution is 2.34. The van der Waals surface area contributed by atoms with Gasteiger partial charge in [0.15, 0.2) is 25.0 Å². The fourth-order valence-corrected chi connectivity index (χ4v) is 6.40. The van der Waals surface area contributed by atoms with Gasteiger partial charge in [-0.2, -0.15) is 0 Å². The molecule has 1 saturated carbocycles. The number of rotatable bonds is 13. The molecule has 0 aromatic rings. The van der Waals surface area contributed by atoms with E-state index in [1.54, 1.807) is 0 Å². The predicted molar refractivity (Wildman–Crippen MR) is 162 cm³/mol. The molecule has 22 nitrogen and oxygen atoms in total. The first-order valence-corrected chi connectivity index (χ1v) is 16.1. The van der Waals surface area contributed by atoms with E-state index in [9.17, 15) is 45.6 Å². The van der Waals surface area contributed by atoms with Crippen molar-refractivity contribution in [3.05, 3.63) is 0 Å². The van der Waals surface area contributed by atoms with E-state index in [1.165, 1.54) is 0 Å². The van der Waals surface area contributed by atoms with Crippen LogP contribution in [0, 0.1) is 0 Å². The van der Waals surface area contributed by atoms with Crippen LogP contribution in [0.15, 0.2) is 0 Å². The molecule has 0 aromatic heterocycles. The lowest BCUT2D eigenvalue weighted by Gasteiger charge is -2.47. The number of carbonyl (C=O) groups is 1. The van der Waals surface area contributed by atoms with Crippen molar-refractivity contribution in [1.82, 2.24) is 5.32 Å². The van der Waals surface area contributed by atoms with Crippen LogP contribution < -0.4 is 39.7 Å². The minimum atomic E-state index is -1.94. The zero-order chi connectivity index (χ0) is 36.3. The summed E-state index contributed by atoms with van der Waals surface area (Å²) in [5.74, 6) is -1.07. The van der Waals surface area contributed by atoms with Crippen LogP contribution in [0.4, 0.5) is 0 Å². The standard InChI is InChI=1S/C27H53N7O15/c28-3-11(37)17(39)24(43)34-9-1-7(31)21(47-25-8(32)2-10(36)12(4-29)44-25)23(16(9)38)49-27-20(42)22(14(6-35)46-27)48-26-15(33)19(41)18(40)13(5-30)45-26/h7-23,25-27,35-42H,1-6,28-33H2,(H,34,43)/t7-,8+,9+,10-,11-,12+,13-,14+,15+,16-,17-,18+,19+,20+,21+,22+,23+,25+,26+,27-/m0/s1. The number of hydrogen-bond donors (Lipinski definition) is 15. The summed E-state index contributed by atoms with van der Waals surface area (Å²) >= 11 is 0. The van der Waals surface area contributed by atoms with E-state index >= 15 is 0 Å². The topological polar surface area (TPSA) is 402 Å². The third kappa shape index (κ3) is 8.83. The lowest BCUT2D eigenvalue weighted by atomic mass is 9.83. The Morgan fingerprint density at radius 1 is 0.714 bits per heavy atom. The van der Waals surface area contributed by atoms with Crippen LogP contribution >= 0.6 is 0 Å². The Balaban J connectivity index is 1.56. The molecule has 3 saturated heterocycles. The zero-order valence-electron chi connectivity index (χ0n) is 26.7. The number of nitrogens with two attached hydrogens (primary N) is 6. The van der Waals surface area contributed by atoms with Gasteiger partial charge in [0.1, 0.15) is 61.0 Å². The average Bonchev–Trinajstić information content (AvgIpc) is 3.38. The number of amides is 1. The quantitative estimate of drug-likeness (QED) is 0.0841. The van der Waals surface area contributed by atoms with Crippen LogP contribution in [-0.2, 0) is 33.2 Å². The molecule has 4 aliphatic rings. The Hall–Kier alpha value is -1.33. The molecule has 0 bridgehead atoms. The summed E-state index contributed by atoms with van der Waals surface area (Å²) in [5, 5.41) is 86.2. The van der Waals surface area contributed by atoms with Crippen LogP contribution in [0.5, 0.6) is 0 Å². The van der Waals surface area contributed by atoms with Gasteiger partial charge in [-0.25, -0.2) is 0 Å². The second kappa shape index (κ2) is 17.5. The van der Waals surface area contributed by atoms with E-state index in [-0.39, 0.29) is 25.9 Å². The van der Waals surface area contributed by atoms with Crippen molar-refractivity contribution < 1.29 is 74.1 Å². The molecule has 3 heterocycles. The van der Waals surface area contributed by atoms with Gasteiger partial charge in [0.25, 0.3) is 5.91 Å². The monoisotopic (exact) mass is 715 g/mol. The molecule has 20 atom stereocenters. The second-order valence-electron chi connectivity index (χ2n) is 12.9. The number of ether oxygens (including phenoxy) is 6. The highest BCUT2D eigenvalue weighted by molar-refractivity contribution is 5.81. The molecule has 22 heteroatoms. The summed E-state index contributed by atoms with van der Waals surface area (Å²) in [6.45, 7) is -1.42. The molecule has 4 fully saturated rings. The van der Waals surface area contributed by atoms with E-state index in [2.05, 4.69) is 5.32 Å². The van der Waals surface area contributed by atoms with Crippen molar-refractivity contribution >= 4 is 5.91 Å². The minimum absolute atomic E-state index is 0.0480. The molecule has 21 N–H and O–H groups in total. The Morgan fingerprint density at radius 2 is 1.31 bits per heavy atom. The van der Waals surface area contributed by atoms with Crippen LogP contribution in [0.1, 0.15) is 12.8 Å². The highest BCUT2D eigenvalue weighted by atomic mass is 16.8. The molecule has 4 rings (SSSR count). The van der Waals surface area contributed by atoms with Crippen LogP contribution in [0.3, 0.4) is 0 Å². The molecule has 0 unspecified atom stereocenters. The predicted octanol–water partition coefficient (Wildman–Crippen LogP) is -10.0. The third-order valence-corrected chi connectivity index (χ3v) is 9.38. The van der Waals surface area contributed by atoms with Crippen molar-refractivity contribution in [3.63, 3.8) is 0 Å².